The van der Waals surface area contributed by atoms with E-state index in [4.69, 9.17) is 4.74 Å². The molecule has 0 radical (unpaired) electrons. The molecule has 0 N–H and O–H groups in total. The number of methoxy groups -OCH3 is 1. The Hall–Kier alpha value is -3.48. The van der Waals surface area contributed by atoms with Crippen LogP contribution in [0.25, 0.3) is 0 Å². The summed E-state index contributed by atoms with van der Waals surface area (Å²) in [5, 5.41) is 0. The first-order chi connectivity index (χ1) is 14.6. The SMILES string of the molecule is CCn1cccc1C(=O)N1CCN2C(=O)c3cccn3CC12c1ccc(OC)cc1. The van der Waals surface area contributed by atoms with Gasteiger partial charge >= 0.3 is 0 Å². The van der Waals surface area contributed by atoms with Crippen LogP contribution >= 0.6 is 0 Å². The fourth-order valence-corrected chi connectivity index (χ4v) is 4.83. The van der Waals surface area contributed by atoms with Crippen molar-refractivity contribution >= 4 is 11.8 Å². The van der Waals surface area contributed by atoms with Crippen LogP contribution in [0.1, 0.15) is 33.5 Å². The first-order valence-electron chi connectivity index (χ1n) is 10.2. The zero-order chi connectivity index (χ0) is 20.9. The number of hydrogen-bond acceptors (Lipinski definition) is 3. The Bertz CT molecular complexity index is 1110. The molecular formula is C23H24N4O3. The first kappa shape index (κ1) is 18.5. The van der Waals surface area contributed by atoms with Crippen LogP contribution in [-0.2, 0) is 18.8 Å². The summed E-state index contributed by atoms with van der Waals surface area (Å²) in [5.74, 6) is 0.619. The van der Waals surface area contributed by atoms with E-state index in [1.165, 1.54) is 0 Å². The molecule has 7 nitrogen and oxygen atoms in total. The van der Waals surface area contributed by atoms with Crippen LogP contribution in [-0.4, -0.2) is 50.9 Å². The van der Waals surface area contributed by atoms with E-state index in [1.807, 2.05) is 86.8 Å². The van der Waals surface area contributed by atoms with Crippen molar-refractivity contribution in [3.05, 3.63) is 77.9 Å². The van der Waals surface area contributed by atoms with Gasteiger partial charge in [-0.25, -0.2) is 0 Å². The van der Waals surface area contributed by atoms with Gasteiger partial charge in [-0.1, -0.05) is 12.1 Å². The Labute approximate surface area is 175 Å². The Morgan fingerprint density at radius 2 is 1.83 bits per heavy atom. The molecule has 1 unspecified atom stereocenters. The van der Waals surface area contributed by atoms with E-state index in [9.17, 15) is 9.59 Å². The molecule has 5 rings (SSSR count). The number of ether oxygens (including phenoxy) is 1. The molecule has 1 fully saturated rings. The lowest BCUT2D eigenvalue weighted by atomic mass is 9.93. The molecule has 1 saturated heterocycles. The van der Waals surface area contributed by atoms with Gasteiger partial charge in [-0.05, 0) is 43.3 Å². The number of aryl methyl sites for hydroxylation is 1. The van der Waals surface area contributed by atoms with Crippen molar-refractivity contribution in [1.82, 2.24) is 18.9 Å². The fourth-order valence-electron chi connectivity index (χ4n) is 4.83. The number of carbonyl (C=O) groups excluding carboxylic acids is 2. The lowest BCUT2D eigenvalue weighted by Gasteiger charge is -2.47. The van der Waals surface area contributed by atoms with Crippen molar-refractivity contribution < 1.29 is 14.3 Å². The lowest BCUT2D eigenvalue weighted by Crippen LogP contribution is -2.60. The van der Waals surface area contributed by atoms with Crippen LogP contribution < -0.4 is 4.74 Å². The summed E-state index contributed by atoms with van der Waals surface area (Å²) in [6.07, 6.45) is 3.82. The Balaban J connectivity index is 1.67. The summed E-state index contributed by atoms with van der Waals surface area (Å²) < 4.78 is 9.22. The van der Waals surface area contributed by atoms with E-state index in [0.717, 1.165) is 11.3 Å². The molecular weight excluding hydrogens is 380 g/mol. The lowest BCUT2D eigenvalue weighted by molar-refractivity contribution is -0.00639. The number of nitrogens with zero attached hydrogens (tertiary/aromatic N) is 4. The molecule has 1 atom stereocenters. The number of benzene rings is 1. The second-order valence-corrected chi connectivity index (χ2v) is 7.66. The number of aromatic nitrogens is 2. The summed E-state index contributed by atoms with van der Waals surface area (Å²) in [4.78, 5) is 30.8. The minimum absolute atomic E-state index is 0.0526. The largest absolute Gasteiger partial charge is 0.497 e. The summed E-state index contributed by atoms with van der Waals surface area (Å²) in [6, 6.07) is 15.1. The Kier molecular flexibility index (Phi) is 4.20. The average molecular weight is 404 g/mol. The second-order valence-electron chi connectivity index (χ2n) is 7.66. The molecule has 154 valence electrons. The highest BCUT2D eigenvalue weighted by Gasteiger charge is 2.56. The van der Waals surface area contributed by atoms with Crippen molar-refractivity contribution in [2.45, 2.75) is 25.7 Å². The van der Waals surface area contributed by atoms with Crippen molar-refractivity contribution in [3.63, 3.8) is 0 Å². The molecule has 2 aromatic heterocycles. The summed E-state index contributed by atoms with van der Waals surface area (Å²) >= 11 is 0. The maximum atomic E-state index is 13.7. The Morgan fingerprint density at radius 3 is 2.57 bits per heavy atom. The van der Waals surface area contributed by atoms with Crippen molar-refractivity contribution in [2.24, 2.45) is 0 Å². The molecule has 0 saturated carbocycles. The molecule has 3 aromatic rings. The summed E-state index contributed by atoms with van der Waals surface area (Å²) in [5.41, 5.74) is 1.31. The van der Waals surface area contributed by atoms with Gasteiger partial charge in [0.1, 0.15) is 17.1 Å². The number of hydrogen-bond donors (Lipinski definition) is 0. The van der Waals surface area contributed by atoms with Crippen LogP contribution in [0, 0.1) is 0 Å². The molecule has 0 spiro atoms. The van der Waals surface area contributed by atoms with Gasteiger partial charge in [0.25, 0.3) is 11.8 Å². The van der Waals surface area contributed by atoms with Crippen LogP contribution in [0.5, 0.6) is 5.75 Å². The highest BCUT2D eigenvalue weighted by Crippen LogP contribution is 2.43. The van der Waals surface area contributed by atoms with E-state index in [0.29, 0.717) is 37.6 Å². The van der Waals surface area contributed by atoms with Gasteiger partial charge in [-0.15, -0.1) is 0 Å². The Morgan fingerprint density at radius 1 is 1.07 bits per heavy atom. The molecule has 30 heavy (non-hydrogen) atoms. The highest BCUT2D eigenvalue weighted by molar-refractivity contribution is 5.98. The minimum atomic E-state index is -0.880. The predicted molar refractivity (Wildman–Crippen MR) is 111 cm³/mol. The van der Waals surface area contributed by atoms with Gasteiger partial charge in [0.2, 0.25) is 0 Å². The molecule has 0 aliphatic carbocycles. The molecule has 2 amide bonds. The summed E-state index contributed by atoms with van der Waals surface area (Å²) in [7, 11) is 1.63. The average Bonchev–Trinajstić information content (AvgIpc) is 3.51. The van der Waals surface area contributed by atoms with Gasteiger partial charge in [0, 0.05) is 37.6 Å². The first-order valence-corrected chi connectivity index (χ1v) is 10.2. The molecule has 0 bridgehead atoms. The third-order valence-corrected chi connectivity index (χ3v) is 6.31. The minimum Gasteiger partial charge on any atom is -0.497 e. The van der Waals surface area contributed by atoms with Crippen LogP contribution in [0.15, 0.2) is 60.9 Å². The standard InChI is InChI=1S/C23H24N4O3/c1-3-24-12-4-6-19(24)21(28)26-14-15-27-22(29)20-7-5-13-25(20)16-23(26,27)17-8-10-18(30-2)11-9-17/h4-13H,3,14-16H2,1-2H3. The zero-order valence-corrected chi connectivity index (χ0v) is 17.1. The third-order valence-electron chi connectivity index (χ3n) is 6.31. The molecule has 4 heterocycles. The third kappa shape index (κ3) is 2.44. The summed E-state index contributed by atoms with van der Waals surface area (Å²) in [6.45, 7) is 4.20. The number of fused-ring (bicyclic) bond motifs is 2. The van der Waals surface area contributed by atoms with Crippen LogP contribution in [0.2, 0.25) is 0 Å². The molecule has 2 aliphatic heterocycles. The topological polar surface area (TPSA) is 59.7 Å². The van der Waals surface area contributed by atoms with Gasteiger partial charge < -0.3 is 23.7 Å². The normalized spacial score (nSPS) is 20.3. The van der Waals surface area contributed by atoms with E-state index in [1.54, 1.807) is 7.11 Å². The predicted octanol–water partition coefficient (Wildman–Crippen LogP) is 2.78. The monoisotopic (exact) mass is 404 g/mol. The van der Waals surface area contributed by atoms with Gasteiger partial charge in [-0.2, -0.15) is 0 Å². The zero-order valence-electron chi connectivity index (χ0n) is 17.1. The van der Waals surface area contributed by atoms with Crippen LogP contribution in [0.3, 0.4) is 0 Å². The maximum Gasteiger partial charge on any atom is 0.272 e. The van der Waals surface area contributed by atoms with Crippen molar-refractivity contribution in [2.75, 3.05) is 20.2 Å². The fraction of sp³-hybridized carbons (Fsp3) is 0.304. The maximum absolute atomic E-state index is 13.7. The number of carbonyl (C=O) groups is 2. The smallest absolute Gasteiger partial charge is 0.272 e. The van der Waals surface area contributed by atoms with E-state index < -0.39 is 5.66 Å². The van der Waals surface area contributed by atoms with E-state index in [2.05, 4.69) is 0 Å². The molecule has 1 aromatic carbocycles. The van der Waals surface area contributed by atoms with Crippen LogP contribution in [0.4, 0.5) is 0 Å². The van der Waals surface area contributed by atoms with E-state index in [-0.39, 0.29) is 11.8 Å². The van der Waals surface area contributed by atoms with Crippen molar-refractivity contribution in [3.8, 4) is 5.75 Å². The molecule has 2 aliphatic rings. The molecule has 7 heteroatoms. The van der Waals surface area contributed by atoms with E-state index >= 15 is 0 Å². The van der Waals surface area contributed by atoms with Gasteiger partial charge in [0.15, 0.2) is 5.66 Å². The van der Waals surface area contributed by atoms with Gasteiger partial charge in [0.05, 0.1) is 13.7 Å². The van der Waals surface area contributed by atoms with Crippen molar-refractivity contribution in [1.29, 1.82) is 0 Å². The number of rotatable bonds is 4. The number of amides is 2. The van der Waals surface area contributed by atoms with Gasteiger partial charge in [-0.3, -0.25) is 9.59 Å². The second kappa shape index (κ2) is 6.79. The quantitative estimate of drug-likeness (QED) is 0.672. The highest BCUT2D eigenvalue weighted by atomic mass is 16.5.